The second-order valence-corrected chi connectivity index (χ2v) is 21.1. The van der Waals surface area contributed by atoms with Gasteiger partial charge in [0.2, 0.25) is 0 Å². The summed E-state index contributed by atoms with van der Waals surface area (Å²) in [4.78, 5) is 20.0. The summed E-state index contributed by atoms with van der Waals surface area (Å²) in [5.74, 6) is 1.82. The van der Waals surface area contributed by atoms with Gasteiger partial charge in [-0.1, -0.05) is 0 Å². The molecule has 0 saturated carbocycles. The third kappa shape index (κ3) is 7.55. The third-order valence-electron chi connectivity index (χ3n) is 6.21. The fourth-order valence-electron chi connectivity index (χ4n) is 4.14. The molecule has 0 fully saturated rings. The van der Waals surface area contributed by atoms with E-state index in [4.69, 9.17) is 15.0 Å². The van der Waals surface area contributed by atoms with Gasteiger partial charge >= 0.3 is 185 Å². The Morgan fingerprint density at radius 2 is 0.897 bits per heavy atom. The van der Waals surface area contributed by atoms with Gasteiger partial charge in [0.1, 0.15) is 0 Å². The number of aromatic nitrogens is 3. The molecule has 1 aromatic rings. The molecule has 1 aromatic heterocycles. The Labute approximate surface area is 185 Å². The Morgan fingerprint density at radius 1 is 0.552 bits per heavy atom. The molecular formula is C23H47N5Sn. The fraction of sp³-hybridized carbons (Fsp3) is 0.870. The number of anilines is 2. The van der Waals surface area contributed by atoms with Crippen LogP contribution in [0.2, 0.25) is 13.3 Å². The van der Waals surface area contributed by atoms with Crippen molar-refractivity contribution < 1.29 is 0 Å². The molecule has 0 aliphatic carbocycles. The van der Waals surface area contributed by atoms with Crippen molar-refractivity contribution in [3.8, 4) is 0 Å². The minimum absolute atomic E-state index is 0.910. The van der Waals surface area contributed by atoms with Gasteiger partial charge in [0.25, 0.3) is 0 Å². The molecule has 0 atom stereocenters. The van der Waals surface area contributed by atoms with Crippen molar-refractivity contribution in [2.75, 3.05) is 36.0 Å². The molecule has 0 aromatic carbocycles. The molecule has 5 nitrogen and oxygen atoms in total. The number of hydrogen-bond donors (Lipinski definition) is 0. The minimum atomic E-state index is -2.69. The molecule has 0 spiro atoms. The quantitative estimate of drug-likeness (QED) is 0.269. The summed E-state index contributed by atoms with van der Waals surface area (Å²) in [7, 11) is 0. The molecule has 0 aliphatic heterocycles. The molecule has 0 saturated heterocycles. The average molecular weight is 512 g/mol. The molecule has 0 radical (unpaired) electrons. The summed E-state index contributed by atoms with van der Waals surface area (Å²) >= 11 is -2.69. The van der Waals surface area contributed by atoms with Crippen molar-refractivity contribution in [2.45, 2.75) is 100 Å². The van der Waals surface area contributed by atoms with E-state index in [0.717, 1.165) is 38.1 Å². The summed E-state index contributed by atoms with van der Waals surface area (Å²) in [6.45, 7) is 19.6. The molecule has 0 amide bonds. The Balaban J connectivity index is 3.59. The van der Waals surface area contributed by atoms with Gasteiger partial charge in [-0.2, -0.15) is 0 Å². The first-order chi connectivity index (χ1) is 14.0. The molecule has 29 heavy (non-hydrogen) atoms. The number of hydrogen-bond acceptors (Lipinski definition) is 5. The first-order valence-corrected chi connectivity index (χ1v) is 19.8. The van der Waals surface area contributed by atoms with Crippen LogP contribution in [0.5, 0.6) is 0 Å². The van der Waals surface area contributed by atoms with E-state index >= 15 is 0 Å². The molecule has 1 heterocycles. The summed E-state index contributed by atoms with van der Waals surface area (Å²) in [6.07, 6.45) is 7.80. The number of rotatable bonds is 16. The van der Waals surface area contributed by atoms with Gasteiger partial charge in [0.05, 0.1) is 0 Å². The molecule has 0 unspecified atom stereocenters. The summed E-state index contributed by atoms with van der Waals surface area (Å²) in [6, 6.07) is 0. The van der Waals surface area contributed by atoms with Crippen molar-refractivity contribution in [3.63, 3.8) is 0 Å². The predicted molar refractivity (Wildman–Crippen MR) is 131 cm³/mol. The van der Waals surface area contributed by atoms with Crippen LogP contribution in [0.25, 0.3) is 0 Å². The Kier molecular flexibility index (Phi) is 13.1. The molecule has 6 heteroatoms. The maximum absolute atomic E-state index is 5.23. The van der Waals surface area contributed by atoms with E-state index in [-0.39, 0.29) is 0 Å². The van der Waals surface area contributed by atoms with Crippen LogP contribution in [0.3, 0.4) is 0 Å². The zero-order valence-electron chi connectivity index (χ0n) is 20.4. The molecule has 0 aliphatic rings. The first kappa shape index (κ1) is 26.4. The SMILES string of the molecule is CCC[CH2][Sn]([CH2]CCC)([CH2]CCC)[c]1nc(N(CC)CC)nc(N(CC)CC)n1. The number of unbranched alkanes of at least 4 members (excludes halogenated alkanes) is 3. The van der Waals surface area contributed by atoms with E-state index in [9.17, 15) is 0 Å². The van der Waals surface area contributed by atoms with Crippen molar-refractivity contribution in [1.82, 2.24) is 15.0 Å². The number of nitrogens with zero attached hydrogens (tertiary/aromatic N) is 5. The van der Waals surface area contributed by atoms with Gasteiger partial charge in [0, 0.05) is 0 Å². The average Bonchev–Trinajstić information content (AvgIpc) is 2.75. The monoisotopic (exact) mass is 513 g/mol. The van der Waals surface area contributed by atoms with E-state index in [2.05, 4.69) is 58.3 Å². The van der Waals surface area contributed by atoms with Crippen molar-refractivity contribution in [1.29, 1.82) is 0 Å². The van der Waals surface area contributed by atoms with E-state index in [1.165, 1.54) is 55.7 Å². The zero-order chi connectivity index (χ0) is 21.7. The zero-order valence-corrected chi connectivity index (χ0v) is 23.3. The van der Waals surface area contributed by atoms with Crippen LogP contribution in [-0.4, -0.2) is 59.5 Å². The fourth-order valence-corrected chi connectivity index (χ4v) is 18.9. The second-order valence-electron chi connectivity index (χ2n) is 8.19. The molecule has 168 valence electrons. The summed E-state index contributed by atoms with van der Waals surface area (Å²) in [5, 5.41) is 0. The molecular weight excluding hydrogens is 465 g/mol. The van der Waals surface area contributed by atoms with Crippen molar-refractivity contribution >= 4 is 34.1 Å². The molecule has 0 bridgehead atoms. The van der Waals surface area contributed by atoms with Gasteiger partial charge in [-0.3, -0.25) is 0 Å². The van der Waals surface area contributed by atoms with Gasteiger partial charge < -0.3 is 0 Å². The van der Waals surface area contributed by atoms with Gasteiger partial charge in [-0.05, 0) is 0 Å². The van der Waals surface area contributed by atoms with Crippen LogP contribution in [-0.2, 0) is 0 Å². The predicted octanol–water partition coefficient (Wildman–Crippen LogP) is 5.62. The van der Waals surface area contributed by atoms with E-state index in [1.54, 1.807) is 0 Å². The molecule has 1 rings (SSSR count). The topological polar surface area (TPSA) is 45.2 Å². The van der Waals surface area contributed by atoms with Crippen molar-refractivity contribution in [3.05, 3.63) is 0 Å². The van der Waals surface area contributed by atoms with Crippen LogP contribution in [0.1, 0.15) is 87.0 Å². The maximum atomic E-state index is 5.23. The normalized spacial score (nSPS) is 11.7. The first-order valence-electron chi connectivity index (χ1n) is 12.3. The summed E-state index contributed by atoms with van der Waals surface area (Å²) in [5.41, 5.74) is 0. The Hall–Kier alpha value is -0.591. The second kappa shape index (κ2) is 14.4. The van der Waals surface area contributed by atoms with Crippen molar-refractivity contribution in [2.24, 2.45) is 0 Å². The van der Waals surface area contributed by atoms with Gasteiger partial charge in [-0.25, -0.2) is 0 Å². The standard InChI is InChI=1S/C11H20N5.3C4H9.Sn/c1-5-15(6-2)10-12-9-13-11(14-10)16(7-3)8-4;3*1-3-4-2;/h5-8H2,1-4H3;3*1,3-4H2,2H3;. The van der Waals surface area contributed by atoms with Crippen LogP contribution in [0.4, 0.5) is 11.9 Å². The van der Waals surface area contributed by atoms with Crippen LogP contribution >= 0.6 is 0 Å². The van der Waals surface area contributed by atoms with E-state index < -0.39 is 18.4 Å². The van der Waals surface area contributed by atoms with Crippen LogP contribution < -0.4 is 13.6 Å². The van der Waals surface area contributed by atoms with Crippen LogP contribution in [0.15, 0.2) is 0 Å². The molecule has 0 N–H and O–H groups in total. The van der Waals surface area contributed by atoms with E-state index in [1.807, 2.05) is 0 Å². The van der Waals surface area contributed by atoms with Gasteiger partial charge in [0.15, 0.2) is 0 Å². The van der Waals surface area contributed by atoms with E-state index in [0.29, 0.717) is 0 Å². The summed E-state index contributed by atoms with van der Waals surface area (Å²) < 4.78 is 5.44. The third-order valence-corrected chi connectivity index (χ3v) is 20.8. The Morgan fingerprint density at radius 3 is 1.17 bits per heavy atom. The Bertz CT molecular complexity index is 506. The van der Waals surface area contributed by atoms with Crippen LogP contribution in [0, 0.1) is 0 Å². The van der Waals surface area contributed by atoms with Gasteiger partial charge in [-0.15, -0.1) is 0 Å².